The Bertz CT molecular complexity index is 624. The summed E-state index contributed by atoms with van der Waals surface area (Å²) in [6, 6.07) is 7.32. The lowest BCUT2D eigenvalue weighted by Crippen LogP contribution is -2.26. The molecule has 1 N–H and O–H groups in total. The van der Waals surface area contributed by atoms with Crippen LogP contribution in [-0.2, 0) is 0 Å². The fourth-order valence-electron chi connectivity index (χ4n) is 1.81. The predicted molar refractivity (Wildman–Crippen MR) is 74.0 cm³/mol. The molecule has 0 aliphatic heterocycles. The van der Waals surface area contributed by atoms with Crippen molar-refractivity contribution in [3.8, 4) is 12.3 Å². The number of hydrogen-bond acceptors (Lipinski definition) is 2. The number of nitrogens with one attached hydrogen (secondary N) is 1. The van der Waals surface area contributed by atoms with Crippen LogP contribution in [0.25, 0.3) is 10.9 Å². The summed E-state index contributed by atoms with van der Waals surface area (Å²) in [5.41, 5.74) is 1.42. The van der Waals surface area contributed by atoms with Gasteiger partial charge < -0.3 is 4.98 Å². The highest BCUT2D eigenvalue weighted by molar-refractivity contribution is 6.35. The van der Waals surface area contributed by atoms with Crippen LogP contribution in [0.4, 0.5) is 0 Å². The van der Waals surface area contributed by atoms with Crippen LogP contribution in [-0.4, -0.2) is 35.8 Å². The minimum atomic E-state index is 0.0000154. The van der Waals surface area contributed by atoms with E-state index in [1.807, 2.05) is 19.2 Å². The molecule has 0 aliphatic rings. The number of aromatic amines is 1. The smallest absolute Gasteiger partial charge is 0.192 e. The molecule has 18 heavy (non-hydrogen) atoms. The van der Waals surface area contributed by atoms with Gasteiger partial charge in [-0.15, -0.1) is 6.42 Å². The first-order valence-electron chi connectivity index (χ1n) is 5.54. The van der Waals surface area contributed by atoms with E-state index in [1.165, 1.54) is 0 Å². The molecule has 0 radical (unpaired) electrons. The van der Waals surface area contributed by atoms with Crippen LogP contribution in [0.15, 0.2) is 24.3 Å². The van der Waals surface area contributed by atoms with Gasteiger partial charge in [0.25, 0.3) is 0 Å². The van der Waals surface area contributed by atoms with Crippen molar-refractivity contribution >= 4 is 28.3 Å². The number of terminal acetylenes is 1. The van der Waals surface area contributed by atoms with Crippen molar-refractivity contribution < 1.29 is 4.79 Å². The van der Waals surface area contributed by atoms with Gasteiger partial charge in [0.15, 0.2) is 5.78 Å². The van der Waals surface area contributed by atoms with Crippen LogP contribution in [0.3, 0.4) is 0 Å². The summed E-state index contributed by atoms with van der Waals surface area (Å²) in [4.78, 5) is 16.9. The van der Waals surface area contributed by atoms with Gasteiger partial charge in [-0.1, -0.05) is 23.6 Å². The van der Waals surface area contributed by atoms with Crippen molar-refractivity contribution in [2.75, 3.05) is 20.1 Å². The molecule has 2 aromatic rings. The first kappa shape index (κ1) is 12.7. The fourth-order valence-corrected chi connectivity index (χ4v) is 2.04. The zero-order valence-electron chi connectivity index (χ0n) is 10.0. The number of ketones is 1. The van der Waals surface area contributed by atoms with Gasteiger partial charge in [-0.3, -0.25) is 9.69 Å². The highest BCUT2D eigenvalue weighted by atomic mass is 35.5. The number of Topliss-reactive ketones (excluding diaryl/α,β-unsaturated/α-hetero) is 1. The maximum absolute atomic E-state index is 12.0. The lowest BCUT2D eigenvalue weighted by atomic mass is 10.2. The second-order valence-electron chi connectivity index (χ2n) is 4.18. The summed E-state index contributed by atoms with van der Waals surface area (Å²) >= 11 is 6.06. The topological polar surface area (TPSA) is 36.1 Å². The van der Waals surface area contributed by atoms with Crippen molar-refractivity contribution in [2.45, 2.75) is 0 Å². The summed E-state index contributed by atoms with van der Waals surface area (Å²) in [6.45, 7) is 0.737. The van der Waals surface area contributed by atoms with Crippen LogP contribution < -0.4 is 0 Å². The molecular weight excluding hydrogens is 248 g/mol. The van der Waals surface area contributed by atoms with Gasteiger partial charge in [0.05, 0.1) is 18.8 Å². The maximum Gasteiger partial charge on any atom is 0.192 e. The number of benzene rings is 1. The van der Waals surface area contributed by atoms with Crippen LogP contribution in [0.2, 0.25) is 5.02 Å². The highest BCUT2D eigenvalue weighted by Gasteiger charge is 2.12. The van der Waals surface area contributed by atoms with E-state index in [9.17, 15) is 4.79 Å². The quantitative estimate of drug-likeness (QED) is 0.678. The molecule has 0 fully saturated rings. The van der Waals surface area contributed by atoms with E-state index >= 15 is 0 Å². The van der Waals surface area contributed by atoms with E-state index < -0.39 is 0 Å². The third kappa shape index (κ3) is 2.56. The number of rotatable bonds is 4. The Kier molecular flexibility index (Phi) is 3.71. The van der Waals surface area contributed by atoms with Gasteiger partial charge in [-0.2, -0.15) is 0 Å². The largest absolute Gasteiger partial charge is 0.352 e. The fraction of sp³-hybridized carbons (Fsp3) is 0.214. The summed E-state index contributed by atoms with van der Waals surface area (Å²) in [5, 5.41) is 1.50. The molecule has 0 saturated heterocycles. The van der Waals surface area contributed by atoms with Crippen molar-refractivity contribution in [3.05, 3.63) is 35.0 Å². The Morgan fingerprint density at radius 1 is 1.56 bits per heavy atom. The zero-order chi connectivity index (χ0) is 13.1. The van der Waals surface area contributed by atoms with Crippen molar-refractivity contribution in [1.29, 1.82) is 0 Å². The summed E-state index contributed by atoms with van der Waals surface area (Å²) < 4.78 is 0. The number of H-pyrrole nitrogens is 1. The standard InChI is InChI=1S/C14H13ClN2O/c1-3-7-17(2)9-14(18)13-8-10-11(15)5-4-6-12(10)16-13/h1,4-6,8,16H,7,9H2,2H3. The van der Waals surface area contributed by atoms with E-state index in [4.69, 9.17) is 18.0 Å². The average Bonchev–Trinajstić information content (AvgIpc) is 2.74. The van der Waals surface area contributed by atoms with Gasteiger partial charge >= 0.3 is 0 Å². The van der Waals surface area contributed by atoms with Gasteiger partial charge in [0.1, 0.15) is 0 Å². The van der Waals surface area contributed by atoms with Crippen LogP contribution >= 0.6 is 11.6 Å². The van der Waals surface area contributed by atoms with Crippen LogP contribution in [0.5, 0.6) is 0 Å². The summed E-state index contributed by atoms with van der Waals surface area (Å²) in [6.07, 6.45) is 5.20. The number of fused-ring (bicyclic) bond motifs is 1. The SMILES string of the molecule is C#CCN(C)CC(=O)c1cc2c(Cl)cccc2[nH]1. The third-order valence-corrected chi connectivity index (χ3v) is 3.02. The first-order chi connectivity index (χ1) is 8.61. The number of aromatic nitrogens is 1. The number of halogens is 1. The molecule has 0 aliphatic carbocycles. The van der Waals surface area contributed by atoms with Crippen LogP contribution in [0.1, 0.15) is 10.5 Å². The third-order valence-electron chi connectivity index (χ3n) is 2.69. The highest BCUT2D eigenvalue weighted by Crippen LogP contribution is 2.24. The van der Waals surface area contributed by atoms with E-state index in [0.29, 0.717) is 17.3 Å². The summed E-state index contributed by atoms with van der Waals surface area (Å²) in [7, 11) is 1.81. The van der Waals surface area contributed by atoms with Gasteiger partial charge in [-0.25, -0.2) is 0 Å². The van der Waals surface area contributed by atoms with Crippen molar-refractivity contribution in [3.63, 3.8) is 0 Å². The summed E-state index contributed by atoms with van der Waals surface area (Å²) in [5.74, 6) is 2.50. The second kappa shape index (κ2) is 5.26. The Morgan fingerprint density at radius 3 is 3.00 bits per heavy atom. The van der Waals surface area contributed by atoms with E-state index in [2.05, 4.69) is 10.9 Å². The zero-order valence-corrected chi connectivity index (χ0v) is 10.8. The molecule has 0 bridgehead atoms. The molecule has 0 amide bonds. The minimum Gasteiger partial charge on any atom is -0.352 e. The average molecular weight is 261 g/mol. The van der Waals surface area contributed by atoms with Crippen molar-refractivity contribution in [2.24, 2.45) is 0 Å². The minimum absolute atomic E-state index is 0.0000154. The molecule has 0 saturated carbocycles. The molecule has 1 aromatic carbocycles. The number of nitrogens with zero attached hydrogens (tertiary/aromatic N) is 1. The molecule has 1 heterocycles. The molecular formula is C14H13ClN2O. The lowest BCUT2D eigenvalue weighted by molar-refractivity contribution is 0.0948. The molecule has 3 nitrogen and oxygen atoms in total. The Hall–Kier alpha value is -1.76. The number of carbonyl (C=O) groups excluding carboxylic acids is 1. The molecule has 2 rings (SSSR count). The maximum atomic E-state index is 12.0. The van der Waals surface area contributed by atoms with E-state index in [0.717, 1.165) is 10.9 Å². The van der Waals surface area contributed by atoms with Gasteiger partial charge in [-0.05, 0) is 25.2 Å². The normalized spacial score (nSPS) is 10.8. The molecule has 1 aromatic heterocycles. The molecule has 92 valence electrons. The van der Waals surface area contributed by atoms with Crippen molar-refractivity contribution in [1.82, 2.24) is 9.88 Å². The van der Waals surface area contributed by atoms with Gasteiger partial charge in [0.2, 0.25) is 0 Å². The Labute approximate surface area is 111 Å². The molecule has 4 heteroatoms. The molecule has 0 atom stereocenters. The molecule has 0 spiro atoms. The van der Waals surface area contributed by atoms with E-state index in [1.54, 1.807) is 17.0 Å². The predicted octanol–water partition coefficient (Wildman–Crippen LogP) is 2.57. The van der Waals surface area contributed by atoms with Crippen LogP contribution in [0, 0.1) is 12.3 Å². The van der Waals surface area contributed by atoms with Gasteiger partial charge in [0, 0.05) is 15.9 Å². The number of likely N-dealkylation sites (N-methyl/N-ethyl adjacent to an activating group) is 1. The Balaban J connectivity index is 2.24. The Morgan fingerprint density at radius 2 is 2.33 bits per heavy atom. The first-order valence-corrected chi connectivity index (χ1v) is 5.92. The number of carbonyl (C=O) groups is 1. The second-order valence-corrected chi connectivity index (χ2v) is 4.59. The number of hydrogen-bond donors (Lipinski definition) is 1. The van der Waals surface area contributed by atoms with E-state index in [-0.39, 0.29) is 12.3 Å². The molecule has 0 unspecified atom stereocenters. The lowest BCUT2D eigenvalue weighted by Gasteiger charge is -2.10. The monoisotopic (exact) mass is 260 g/mol.